The number of amides is 1. The van der Waals surface area contributed by atoms with E-state index in [9.17, 15) is 14.7 Å². The van der Waals surface area contributed by atoms with E-state index in [1.807, 2.05) is 42.5 Å². The van der Waals surface area contributed by atoms with Crippen LogP contribution < -0.4 is 0 Å². The molecule has 0 radical (unpaired) electrons. The number of aromatic hydroxyl groups is 1. The van der Waals surface area contributed by atoms with Crippen LogP contribution in [0, 0.1) is 0 Å². The van der Waals surface area contributed by atoms with Crippen molar-refractivity contribution >= 4 is 11.9 Å². The van der Waals surface area contributed by atoms with Crippen LogP contribution >= 0.6 is 0 Å². The summed E-state index contributed by atoms with van der Waals surface area (Å²) in [6, 6.07) is 16.1. The molecule has 1 atom stereocenters. The van der Waals surface area contributed by atoms with Gasteiger partial charge in [-0.25, -0.2) is 4.79 Å². The topological polar surface area (TPSA) is 66.8 Å². The van der Waals surface area contributed by atoms with E-state index in [-0.39, 0.29) is 24.2 Å². The zero-order valence-corrected chi connectivity index (χ0v) is 15.3. The Bertz CT molecular complexity index is 758. The lowest BCUT2D eigenvalue weighted by atomic mass is 10.1. The SMILES string of the molecule is O=C(OCc1ccccc1)[C@@H]1CCCN1C(=O)CCCc1ccc(O)cc1. The molecule has 1 aliphatic heterocycles. The molecule has 2 aromatic rings. The van der Waals surface area contributed by atoms with Crippen LogP contribution in [0.4, 0.5) is 0 Å². The second-order valence-corrected chi connectivity index (χ2v) is 6.86. The second kappa shape index (κ2) is 9.21. The quantitative estimate of drug-likeness (QED) is 0.761. The molecule has 0 aliphatic carbocycles. The van der Waals surface area contributed by atoms with Crippen molar-refractivity contribution in [1.29, 1.82) is 0 Å². The largest absolute Gasteiger partial charge is 0.508 e. The minimum atomic E-state index is -0.463. The van der Waals surface area contributed by atoms with Crippen LogP contribution in [0.5, 0.6) is 5.75 Å². The Kier molecular flexibility index (Phi) is 6.47. The molecule has 1 N–H and O–H groups in total. The highest BCUT2D eigenvalue weighted by Gasteiger charge is 2.34. The number of phenols is 1. The second-order valence-electron chi connectivity index (χ2n) is 6.86. The van der Waals surface area contributed by atoms with Crippen LogP contribution in [-0.4, -0.2) is 34.5 Å². The van der Waals surface area contributed by atoms with Crippen molar-refractivity contribution in [2.75, 3.05) is 6.54 Å². The smallest absolute Gasteiger partial charge is 0.329 e. The van der Waals surface area contributed by atoms with Crippen LogP contribution in [0.1, 0.15) is 36.8 Å². The summed E-state index contributed by atoms with van der Waals surface area (Å²) in [7, 11) is 0. The Labute approximate surface area is 159 Å². The number of carbonyl (C=O) groups is 2. The van der Waals surface area contributed by atoms with Crippen molar-refractivity contribution in [3.63, 3.8) is 0 Å². The number of aryl methyl sites for hydroxylation is 1. The fraction of sp³-hybridized carbons (Fsp3) is 0.364. The highest BCUT2D eigenvalue weighted by atomic mass is 16.5. The van der Waals surface area contributed by atoms with E-state index in [0.717, 1.165) is 24.0 Å². The lowest BCUT2D eigenvalue weighted by Crippen LogP contribution is -2.41. The molecule has 0 spiro atoms. The van der Waals surface area contributed by atoms with Gasteiger partial charge in [0.25, 0.3) is 0 Å². The molecule has 1 amide bonds. The maximum Gasteiger partial charge on any atom is 0.329 e. The number of hydrogen-bond acceptors (Lipinski definition) is 4. The molecule has 142 valence electrons. The molecule has 1 fully saturated rings. The molecule has 1 saturated heterocycles. The summed E-state index contributed by atoms with van der Waals surface area (Å²) in [6.45, 7) is 0.849. The van der Waals surface area contributed by atoms with Gasteiger partial charge >= 0.3 is 5.97 Å². The summed E-state index contributed by atoms with van der Waals surface area (Å²) in [5.74, 6) is -0.0695. The number of nitrogens with zero attached hydrogens (tertiary/aromatic N) is 1. The summed E-state index contributed by atoms with van der Waals surface area (Å²) < 4.78 is 5.42. The summed E-state index contributed by atoms with van der Waals surface area (Å²) in [5, 5.41) is 9.31. The van der Waals surface area contributed by atoms with Crippen molar-refractivity contribution in [3.8, 4) is 5.75 Å². The van der Waals surface area contributed by atoms with Gasteiger partial charge < -0.3 is 14.7 Å². The molecular formula is C22H25NO4. The van der Waals surface area contributed by atoms with E-state index >= 15 is 0 Å². The molecular weight excluding hydrogens is 342 g/mol. The fourth-order valence-electron chi connectivity index (χ4n) is 3.39. The van der Waals surface area contributed by atoms with E-state index in [4.69, 9.17) is 4.74 Å². The molecule has 1 heterocycles. The highest BCUT2D eigenvalue weighted by molar-refractivity contribution is 5.85. The number of phenolic OH excluding ortho intramolecular Hbond substituents is 1. The predicted molar refractivity (Wildman–Crippen MR) is 102 cm³/mol. The minimum Gasteiger partial charge on any atom is -0.508 e. The molecule has 5 nitrogen and oxygen atoms in total. The van der Waals surface area contributed by atoms with Crippen LogP contribution in [-0.2, 0) is 27.4 Å². The van der Waals surface area contributed by atoms with Crippen LogP contribution in [0.2, 0.25) is 0 Å². The predicted octanol–water partition coefficient (Wildman–Crippen LogP) is 3.45. The van der Waals surface area contributed by atoms with Gasteiger partial charge in [-0.1, -0.05) is 42.5 Å². The first kappa shape index (κ1) is 19.0. The summed E-state index contributed by atoms with van der Waals surface area (Å²) in [5.41, 5.74) is 2.02. The van der Waals surface area contributed by atoms with Crippen molar-refractivity contribution in [1.82, 2.24) is 4.90 Å². The monoisotopic (exact) mass is 367 g/mol. The molecule has 5 heteroatoms. The van der Waals surface area contributed by atoms with Gasteiger partial charge in [-0.3, -0.25) is 4.79 Å². The third kappa shape index (κ3) is 5.33. The Balaban J connectivity index is 1.46. The number of esters is 1. The fourth-order valence-corrected chi connectivity index (χ4v) is 3.39. The molecule has 3 rings (SSSR count). The van der Waals surface area contributed by atoms with Crippen molar-refractivity contribution < 1.29 is 19.4 Å². The Morgan fingerprint density at radius 1 is 1.04 bits per heavy atom. The summed E-state index contributed by atoms with van der Waals surface area (Å²) >= 11 is 0. The van der Waals surface area contributed by atoms with E-state index in [0.29, 0.717) is 25.8 Å². The number of carbonyl (C=O) groups excluding carboxylic acids is 2. The standard InChI is InChI=1S/C22H25NO4/c24-19-13-11-17(12-14-19)8-4-10-21(25)23-15-5-9-20(23)22(26)27-16-18-6-2-1-3-7-18/h1-3,6-7,11-14,20,24H,4-5,8-10,15-16H2/t20-/m0/s1. The third-order valence-electron chi connectivity index (χ3n) is 4.86. The molecule has 2 aromatic carbocycles. The van der Waals surface area contributed by atoms with Crippen LogP contribution in [0.3, 0.4) is 0 Å². The minimum absolute atomic E-state index is 0.00735. The Hall–Kier alpha value is -2.82. The summed E-state index contributed by atoms with van der Waals surface area (Å²) in [4.78, 5) is 26.6. The van der Waals surface area contributed by atoms with Gasteiger partial charge in [0, 0.05) is 13.0 Å². The number of hydrogen-bond donors (Lipinski definition) is 1. The van der Waals surface area contributed by atoms with Gasteiger partial charge in [0.15, 0.2) is 0 Å². The van der Waals surface area contributed by atoms with E-state index < -0.39 is 6.04 Å². The van der Waals surface area contributed by atoms with Crippen molar-refractivity contribution in [2.24, 2.45) is 0 Å². The maximum atomic E-state index is 12.6. The number of benzene rings is 2. The third-order valence-corrected chi connectivity index (χ3v) is 4.86. The van der Waals surface area contributed by atoms with Crippen molar-refractivity contribution in [2.45, 2.75) is 44.8 Å². The van der Waals surface area contributed by atoms with Gasteiger partial charge in [0.05, 0.1) is 0 Å². The molecule has 1 aliphatic rings. The van der Waals surface area contributed by atoms with Gasteiger partial charge in [-0.15, -0.1) is 0 Å². The lowest BCUT2D eigenvalue weighted by molar-refractivity contribution is -0.154. The number of rotatable bonds is 7. The highest BCUT2D eigenvalue weighted by Crippen LogP contribution is 2.21. The van der Waals surface area contributed by atoms with Crippen LogP contribution in [0.25, 0.3) is 0 Å². The van der Waals surface area contributed by atoms with Crippen LogP contribution in [0.15, 0.2) is 54.6 Å². The van der Waals surface area contributed by atoms with E-state index in [1.165, 1.54) is 0 Å². The molecule has 0 bridgehead atoms. The Morgan fingerprint density at radius 3 is 2.52 bits per heavy atom. The molecule has 27 heavy (non-hydrogen) atoms. The zero-order chi connectivity index (χ0) is 19.1. The van der Waals surface area contributed by atoms with Gasteiger partial charge in [-0.05, 0) is 48.9 Å². The van der Waals surface area contributed by atoms with E-state index in [1.54, 1.807) is 17.0 Å². The van der Waals surface area contributed by atoms with E-state index in [2.05, 4.69) is 0 Å². The van der Waals surface area contributed by atoms with Gasteiger partial charge in [-0.2, -0.15) is 0 Å². The zero-order valence-electron chi connectivity index (χ0n) is 15.3. The van der Waals surface area contributed by atoms with Gasteiger partial charge in [0.2, 0.25) is 5.91 Å². The van der Waals surface area contributed by atoms with Gasteiger partial charge in [0.1, 0.15) is 18.4 Å². The Morgan fingerprint density at radius 2 is 1.78 bits per heavy atom. The average molecular weight is 367 g/mol. The van der Waals surface area contributed by atoms with Crippen molar-refractivity contribution in [3.05, 3.63) is 65.7 Å². The lowest BCUT2D eigenvalue weighted by Gasteiger charge is -2.23. The normalized spacial score (nSPS) is 16.3. The summed E-state index contributed by atoms with van der Waals surface area (Å²) in [6.07, 6.45) is 3.38. The molecule has 0 unspecified atom stereocenters. The first-order chi connectivity index (χ1) is 13.1. The maximum absolute atomic E-state index is 12.6. The average Bonchev–Trinajstić information content (AvgIpc) is 3.18. The first-order valence-electron chi connectivity index (χ1n) is 9.41. The first-order valence-corrected chi connectivity index (χ1v) is 9.41. The molecule has 0 saturated carbocycles. The number of likely N-dealkylation sites (tertiary alicyclic amines) is 1. The number of ether oxygens (including phenoxy) is 1. The molecule has 0 aromatic heterocycles.